The summed E-state index contributed by atoms with van der Waals surface area (Å²) < 4.78 is 25.4. The Labute approximate surface area is 80.6 Å². The summed E-state index contributed by atoms with van der Waals surface area (Å²) in [6.45, 7) is 0.788. The molecule has 0 radical (unpaired) electrons. The summed E-state index contributed by atoms with van der Waals surface area (Å²) >= 11 is 0. The summed E-state index contributed by atoms with van der Waals surface area (Å²) in [5.74, 6) is 0. The maximum atomic E-state index is 10.8. The van der Waals surface area contributed by atoms with Crippen LogP contribution in [0, 0.1) is 0 Å². The summed E-state index contributed by atoms with van der Waals surface area (Å²) in [6, 6.07) is 0. The van der Waals surface area contributed by atoms with Gasteiger partial charge in [0.2, 0.25) is 0 Å². The van der Waals surface area contributed by atoms with Crippen molar-refractivity contribution in [3.05, 3.63) is 11.6 Å². The Kier molecular flexibility index (Phi) is 5.19. The lowest BCUT2D eigenvalue weighted by Crippen LogP contribution is -1.96. The highest BCUT2D eigenvalue weighted by atomic mass is 32.1. The lowest BCUT2D eigenvalue weighted by molar-refractivity contribution is 0.276. The topological polar surface area (TPSA) is 124 Å². The Morgan fingerprint density at radius 1 is 1.36 bits per heavy atom. The molecule has 0 spiro atoms. The number of hydrogen-bond acceptors (Lipinski definition) is 4. The zero-order chi connectivity index (χ0) is 11.4. The molecule has 0 bridgehead atoms. The summed E-state index contributed by atoms with van der Waals surface area (Å²) in [4.78, 5) is 25.5. The Hall–Kier alpha value is 0.0000000000000000139. The third kappa shape index (κ3) is 4.48. The van der Waals surface area contributed by atoms with E-state index in [1.165, 1.54) is 13.0 Å². The lowest BCUT2D eigenvalue weighted by atomic mass is 10.3. The molecule has 0 aromatic heterocycles. The first-order chi connectivity index (χ1) is 6.20. The number of aliphatic hydroxyl groups is 1. The van der Waals surface area contributed by atoms with Crippen molar-refractivity contribution in [1.82, 2.24) is 0 Å². The maximum absolute atomic E-state index is 10.8. The average molecular weight is 246 g/mol. The Morgan fingerprint density at radius 3 is 2.21 bits per heavy atom. The average Bonchev–Trinajstić information content (AvgIpc) is 1.99. The molecule has 0 heterocycles. The van der Waals surface area contributed by atoms with Crippen LogP contribution in [-0.4, -0.2) is 33.0 Å². The first-order valence-corrected chi connectivity index (χ1v) is 7.40. The monoisotopic (exact) mass is 246 g/mol. The van der Waals surface area contributed by atoms with Gasteiger partial charge in [-0.05, 0) is 12.5 Å². The van der Waals surface area contributed by atoms with Crippen LogP contribution in [0.2, 0.25) is 0 Å². The van der Waals surface area contributed by atoms with Gasteiger partial charge in [-0.15, -0.1) is 0 Å². The first kappa shape index (κ1) is 14.0. The van der Waals surface area contributed by atoms with Crippen molar-refractivity contribution in [2.45, 2.75) is 6.92 Å². The van der Waals surface area contributed by atoms with Crippen LogP contribution in [-0.2, 0) is 13.7 Å². The third-order valence-corrected chi connectivity index (χ3v) is 4.68. The van der Waals surface area contributed by atoms with Crippen LogP contribution < -0.4 is 0 Å². The Bertz CT molecular complexity index is 303. The van der Waals surface area contributed by atoms with Crippen LogP contribution in [0.25, 0.3) is 0 Å². The summed E-state index contributed by atoms with van der Waals surface area (Å²) in [7, 11) is -10.1. The number of aliphatic hydroxyl groups excluding tert-OH is 1. The molecule has 0 saturated carbocycles. The molecule has 9 heteroatoms. The van der Waals surface area contributed by atoms with Crippen molar-refractivity contribution in [2.24, 2.45) is 0 Å². The second kappa shape index (κ2) is 5.19. The van der Waals surface area contributed by atoms with E-state index in [1.807, 2.05) is 0 Å². The second-order valence-corrected chi connectivity index (χ2v) is 7.86. The van der Waals surface area contributed by atoms with Crippen molar-refractivity contribution in [1.29, 1.82) is 0 Å². The molecule has 0 rings (SSSR count). The van der Waals surface area contributed by atoms with E-state index in [9.17, 15) is 9.13 Å². The molecular weight excluding hydrogens is 234 g/mol. The zero-order valence-corrected chi connectivity index (χ0v) is 9.19. The fourth-order valence-electron chi connectivity index (χ4n) is 0.476. The molecule has 14 heavy (non-hydrogen) atoms. The van der Waals surface area contributed by atoms with Crippen molar-refractivity contribution >= 4 is 14.6 Å². The van der Waals surface area contributed by atoms with Crippen molar-refractivity contribution in [3.8, 4) is 0 Å². The van der Waals surface area contributed by atoms with Gasteiger partial charge in [0.15, 0.2) is 0 Å². The summed E-state index contributed by atoms with van der Waals surface area (Å²) in [5, 5.41) is 8.41. The van der Waals surface area contributed by atoms with E-state index in [4.69, 9.17) is 19.8 Å². The molecule has 0 aliphatic heterocycles. The number of hydrogen-bond donors (Lipinski definition) is 4. The Morgan fingerprint density at radius 2 is 1.86 bits per heavy atom. The SMILES string of the molecule is C/C(=C/CO)COP(=O)(O)P(=O)(O)O. The minimum atomic E-state index is -5.14. The highest BCUT2D eigenvalue weighted by molar-refractivity contribution is 8.26. The molecule has 4 N–H and O–H groups in total. The lowest BCUT2D eigenvalue weighted by Gasteiger charge is -2.12. The molecule has 0 aromatic carbocycles. The predicted octanol–water partition coefficient (Wildman–Crippen LogP) is 0.220. The normalized spacial score (nSPS) is 17.9. The summed E-state index contributed by atoms with van der Waals surface area (Å²) in [6.07, 6.45) is 1.29. The molecular formula is C5H12O7P2. The first-order valence-electron chi connectivity index (χ1n) is 3.50. The van der Waals surface area contributed by atoms with E-state index in [2.05, 4.69) is 4.52 Å². The predicted molar refractivity (Wildman–Crippen MR) is 48.7 cm³/mol. The smallest absolute Gasteiger partial charge is 0.392 e. The van der Waals surface area contributed by atoms with E-state index in [0.29, 0.717) is 5.57 Å². The fourth-order valence-corrected chi connectivity index (χ4v) is 1.62. The largest absolute Gasteiger partial charge is 0.438 e. The molecule has 0 aliphatic rings. The van der Waals surface area contributed by atoms with E-state index in [-0.39, 0.29) is 6.61 Å². The van der Waals surface area contributed by atoms with Crippen LogP contribution >= 0.6 is 14.6 Å². The third-order valence-electron chi connectivity index (χ3n) is 1.23. The molecule has 84 valence electrons. The molecule has 0 saturated heterocycles. The van der Waals surface area contributed by atoms with Gasteiger partial charge >= 0.3 is 14.6 Å². The van der Waals surface area contributed by atoms with Gasteiger partial charge in [-0.25, -0.2) is 9.13 Å². The quantitative estimate of drug-likeness (QED) is 0.404. The van der Waals surface area contributed by atoms with Crippen LogP contribution in [0.4, 0.5) is 0 Å². The van der Waals surface area contributed by atoms with Crippen molar-refractivity contribution in [3.63, 3.8) is 0 Å². The van der Waals surface area contributed by atoms with Crippen molar-refractivity contribution < 1.29 is 33.4 Å². The highest BCUT2D eigenvalue weighted by Gasteiger charge is 2.41. The van der Waals surface area contributed by atoms with E-state index in [1.54, 1.807) is 0 Å². The molecule has 0 aliphatic carbocycles. The molecule has 0 fully saturated rings. The van der Waals surface area contributed by atoms with Gasteiger partial charge in [-0.2, -0.15) is 0 Å². The van der Waals surface area contributed by atoms with Crippen LogP contribution in [0.1, 0.15) is 6.92 Å². The molecule has 1 unspecified atom stereocenters. The minimum Gasteiger partial charge on any atom is -0.392 e. The molecule has 0 amide bonds. The van der Waals surface area contributed by atoms with Gasteiger partial charge in [0.05, 0.1) is 13.2 Å². The molecule has 0 aromatic rings. The standard InChI is InChI=1S/C5H12O7P2/c1-5(2-3-6)4-12-14(10,11)13(7,8)9/h2,6H,3-4H2,1H3,(H,10,11)(H2,7,8,9)/b5-2-. The number of rotatable bonds is 5. The Balaban J connectivity index is 4.35. The van der Waals surface area contributed by atoms with Gasteiger partial charge in [-0.3, -0.25) is 4.52 Å². The minimum absolute atomic E-state index is 0.277. The second-order valence-electron chi connectivity index (χ2n) is 2.51. The van der Waals surface area contributed by atoms with E-state index >= 15 is 0 Å². The summed E-state index contributed by atoms with van der Waals surface area (Å²) in [5.41, 5.74) is 0.398. The van der Waals surface area contributed by atoms with Crippen LogP contribution in [0.3, 0.4) is 0 Å². The van der Waals surface area contributed by atoms with Gasteiger partial charge in [0, 0.05) is 0 Å². The van der Waals surface area contributed by atoms with Crippen LogP contribution in [0.15, 0.2) is 11.6 Å². The van der Waals surface area contributed by atoms with Gasteiger partial charge in [-0.1, -0.05) is 6.08 Å². The van der Waals surface area contributed by atoms with Gasteiger partial charge in [0.1, 0.15) is 0 Å². The van der Waals surface area contributed by atoms with Gasteiger partial charge < -0.3 is 19.8 Å². The molecule has 7 nitrogen and oxygen atoms in total. The highest BCUT2D eigenvalue weighted by Crippen LogP contribution is 2.74. The zero-order valence-electron chi connectivity index (χ0n) is 7.40. The van der Waals surface area contributed by atoms with Crippen molar-refractivity contribution in [2.75, 3.05) is 13.2 Å². The molecule has 1 atom stereocenters. The van der Waals surface area contributed by atoms with E-state index < -0.39 is 21.2 Å². The van der Waals surface area contributed by atoms with Crippen LogP contribution in [0.5, 0.6) is 0 Å². The van der Waals surface area contributed by atoms with E-state index in [0.717, 1.165) is 0 Å². The maximum Gasteiger partial charge on any atom is 0.438 e. The fraction of sp³-hybridized carbons (Fsp3) is 0.600. The van der Waals surface area contributed by atoms with Gasteiger partial charge in [0.25, 0.3) is 0 Å².